The molecule has 0 aromatic heterocycles. The quantitative estimate of drug-likeness (QED) is 0.642. The number of carbonyl (C=O) groups excluding carboxylic acids is 1. The minimum atomic E-state index is -3.07. The topological polar surface area (TPSA) is 118 Å². The van der Waals surface area contributed by atoms with Gasteiger partial charge in [-0.2, -0.15) is 0 Å². The molecule has 9 heteroatoms. The van der Waals surface area contributed by atoms with Crippen molar-refractivity contribution in [2.45, 2.75) is 19.4 Å². The Labute approximate surface area is 121 Å². The molecule has 1 fully saturated rings. The number of nitro groups is 1. The summed E-state index contributed by atoms with van der Waals surface area (Å²) in [6.45, 7) is 1.60. The number of hydrogen-bond acceptors (Lipinski definition) is 5. The molecule has 114 valence electrons. The number of amides is 2. The van der Waals surface area contributed by atoms with Crippen LogP contribution in [-0.4, -0.2) is 36.9 Å². The Morgan fingerprint density at radius 3 is 2.71 bits per heavy atom. The summed E-state index contributed by atoms with van der Waals surface area (Å²) in [5.74, 6) is -0.0115. The van der Waals surface area contributed by atoms with Gasteiger partial charge in [-0.3, -0.25) is 10.1 Å². The van der Waals surface area contributed by atoms with Crippen molar-refractivity contribution in [3.05, 3.63) is 33.9 Å². The molecular weight excluding hydrogens is 298 g/mol. The van der Waals surface area contributed by atoms with E-state index in [2.05, 4.69) is 10.6 Å². The highest BCUT2D eigenvalue weighted by Gasteiger charge is 2.28. The van der Waals surface area contributed by atoms with Gasteiger partial charge in [0, 0.05) is 23.4 Å². The van der Waals surface area contributed by atoms with Gasteiger partial charge in [0.05, 0.1) is 16.4 Å². The van der Waals surface area contributed by atoms with E-state index < -0.39 is 26.8 Å². The molecule has 1 atom stereocenters. The van der Waals surface area contributed by atoms with Gasteiger partial charge >= 0.3 is 6.03 Å². The molecule has 0 bridgehead atoms. The van der Waals surface area contributed by atoms with E-state index >= 15 is 0 Å². The fourth-order valence-electron chi connectivity index (χ4n) is 2.15. The van der Waals surface area contributed by atoms with Crippen LogP contribution < -0.4 is 10.6 Å². The second-order valence-electron chi connectivity index (χ2n) is 4.96. The van der Waals surface area contributed by atoms with Crippen LogP contribution in [0.2, 0.25) is 0 Å². The average Bonchev–Trinajstić information content (AvgIpc) is 2.70. The molecule has 0 saturated carbocycles. The number of carbonyl (C=O) groups is 1. The van der Waals surface area contributed by atoms with Crippen LogP contribution in [0.5, 0.6) is 0 Å². The van der Waals surface area contributed by atoms with Gasteiger partial charge in [-0.15, -0.1) is 0 Å². The van der Waals surface area contributed by atoms with Crippen LogP contribution in [0.4, 0.5) is 16.2 Å². The Balaban J connectivity index is 2.00. The van der Waals surface area contributed by atoms with E-state index in [1.807, 2.05) is 0 Å². The first-order valence-electron chi connectivity index (χ1n) is 6.30. The number of aryl methyl sites for hydroxylation is 1. The van der Waals surface area contributed by atoms with E-state index in [9.17, 15) is 23.3 Å². The number of sulfone groups is 1. The molecule has 8 nitrogen and oxygen atoms in total. The number of urea groups is 1. The molecule has 1 heterocycles. The van der Waals surface area contributed by atoms with Crippen molar-refractivity contribution in [2.24, 2.45) is 0 Å². The molecule has 0 spiro atoms. The lowest BCUT2D eigenvalue weighted by molar-refractivity contribution is -0.385. The van der Waals surface area contributed by atoms with Crippen LogP contribution in [0, 0.1) is 17.0 Å². The minimum Gasteiger partial charge on any atom is -0.334 e. The SMILES string of the molecule is Cc1ccc(NC(=O)N[C@H]2CCS(=O)(=O)C2)cc1[N+](=O)[O-]. The van der Waals surface area contributed by atoms with Gasteiger partial charge in [-0.05, 0) is 19.4 Å². The van der Waals surface area contributed by atoms with Crippen LogP contribution in [0.25, 0.3) is 0 Å². The third-order valence-corrected chi connectivity index (χ3v) is 5.00. The van der Waals surface area contributed by atoms with E-state index in [1.54, 1.807) is 13.0 Å². The Morgan fingerprint density at radius 2 is 2.14 bits per heavy atom. The van der Waals surface area contributed by atoms with Gasteiger partial charge in [-0.25, -0.2) is 13.2 Å². The predicted molar refractivity (Wildman–Crippen MR) is 77.0 cm³/mol. The smallest absolute Gasteiger partial charge is 0.319 e. The van der Waals surface area contributed by atoms with Crippen LogP contribution in [-0.2, 0) is 9.84 Å². The lowest BCUT2D eigenvalue weighted by Crippen LogP contribution is -2.38. The van der Waals surface area contributed by atoms with Crippen molar-refractivity contribution in [2.75, 3.05) is 16.8 Å². The first-order valence-corrected chi connectivity index (χ1v) is 8.12. The number of benzene rings is 1. The third-order valence-electron chi connectivity index (χ3n) is 3.23. The molecule has 0 unspecified atom stereocenters. The maximum absolute atomic E-state index is 11.8. The molecule has 1 aliphatic rings. The molecule has 0 radical (unpaired) electrons. The maximum Gasteiger partial charge on any atom is 0.319 e. The summed E-state index contributed by atoms with van der Waals surface area (Å²) in [5.41, 5.74) is 0.690. The largest absolute Gasteiger partial charge is 0.334 e. The van der Waals surface area contributed by atoms with Crippen molar-refractivity contribution < 1.29 is 18.1 Å². The number of hydrogen-bond donors (Lipinski definition) is 2. The van der Waals surface area contributed by atoms with Gasteiger partial charge in [-0.1, -0.05) is 6.07 Å². The highest BCUT2D eigenvalue weighted by Crippen LogP contribution is 2.22. The molecule has 1 saturated heterocycles. The Hall–Kier alpha value is -2.16. The van der Waals surface area contributed by atoms with Gasteiger partial charge in [0.15, 0.2) is 9.84 Å². The Morgan fingerprint density at radius 1 is 1.43 bits per heavy atom. The van der Waals surface area contributed by atoms with E-state index in [0.717, 1.165) is 0 Å². The Kier molecular flexibility index (Phi) is 4.12. The van der Waals surface area contributed by atoms with Crippen molar-refractivity contribution in [1.29, 1.82) is 0 Å². The summed E-state index contributed by atoms with van der Waals surface area (Å²) < 4.78 is 22.6. The fraction of sp³-hybridized carbons (Fsp3) is 0.417. The highest BCUT2D eigenvalue weighted by atomic mass is 32.2. The number of nitro benzene ring substituents is 1. The van der Waals surface area contributed by atoms with Crippen molar-refractivity contribution >= 4 is 27.2 Å². The number of nitrogens with one attached hydrogen (secondary N) is 2. The second-order valence-corrected chi connectivity index (χ2v) is 7.19. The second kappa shape index (κ2) is 5.68. The zero-order valence-electron chi connectivity index (χ0n) is 11.3. The lowest BCUT2D eigenvalue weighted by Gasteiger charge is -2.12. The lowest BCUT2D eigenvalue weighted by atomic mass is 10.2. The van der Waals surface area contributed by atoms with E-state index in [4.69, 9.17) is 0 Å². The fourth-order valence-corrected chi connectivity index (χ4v) is 3.82. The van der Waals surface area contributed by atoms with Gasteiger partial charge in [0.25, 0.3) is 5.69 Å². The first-order chi connectivity index (χ1) is 9.77. The van der Waals surface area contributed by atoms with Crippen LogP contribution in [0.1, 0.15) is 12.0 Å². The van der Waals surface area contributed by atoms with Crippen molar-refractivity contribution in [3.63, 3.8) is 0 Å². The van der Waals surface area contributed by atoms with Gasteiger partial charge in [0.2, 0.25) is 0 Å². The standard InChI is InChI=1S/C12H15N3O5S/c1-8-2-3-9(6-11(8)15(17)18)13-12(16)14-10-4-5-21(19,20)7-10/h2-3,6,10H,4-5,7H2,1H3,(H2,13,14,16)/t10-/m0/s1. The molecule has 1 aromatic rings. The van der Waals surface area contributed by atoms with Gasteiger partial charge in [0.1, 0.15) is 0 Å². The maximum atomic E-state index is 11.8. The van der Waals surface area contributed by atoms with Crippen LogP contribution >= 0.6 is 0 Å². The van der Waals surface area contributed by atoms with E-state index in [1.165, 1.54) is 12.1 Å². The normalized spacial score (nSPS) is 20.0. The summed E-state index contributed by atoms with van der Waals surface area (Å²) in [7, 11) is -3.07. The monoisotopic (exact) mass is 313 g/mol. The Bertz CT molecular complexity index is 686. The summed E-state index contributed by atoms with van der Waals surface area (Å²) in [6.07, 6.45) is 0.379. The molecule has 0 aliphatic carbocycles. The predicted octanol–water partition coefficient (Wildman–Crippen LogP) is 1.21. The summed E-state index contributed by atoms with van der Waals surface area (Å²) >= 11 is 0. The van der Waals surface area contributed by atoms with Crippen molar-refractivity contribution in [3.8, 4) is 0 Å². The molecule has 2 amide bonds. The van der Waals surface area contributed by atoms with Crippen molar-refractivity contribution in [1.82, 2.24) is 5.32 Å². The first kappa shape index (κ1) is 15.2. The molecule has 1 aliphatic heterocycles. The molecule has 1 aromatic carbocycles. The highest BCUT2D eigenvalue weighted by molar-refractivity contribution is 7.91. The number of rotatable bonds is 3. The van der Waals surface area contributed by atoms with E-state index in [0.29, 0.717) is 12.0 Å². The zero-order chi connectivity index (χ0) is 15.6. The molecular formula is C12H15N3O5S. The van der Waals surface area contributed by atoms with E-state index in [-0.39, 0.29) is 22.9 Å². The number of nitrogens with zero attached hydrogens (tertiary/aromatic N) is 1. The minimum absolute atomic E-state index is 0.0634. The van der Waals surface area contributed by atoms with Gasteiger partial charge < -0.3 is 10.6 Å². The average molecular weight is 313 g/mol. The summed E-state index contributed by atoms with van der Waals surface area (Å²) in [6, 6.07) is 3.35. The molecule has 2 rings (SSSR count). The third kappa shape index (κ3) is 3.91. The van der Waals surface area contributed by atoms with Crippen LogP contribution in [0.15, 0.2) is 18.2 Å². The summed E-state index contributed by atoms with van der Waals surface area (Å²) in [4.78, 5) is 22.1. The zero-order valence-corrected chi connectivity index (χ0v) is 12.1. The molecule has 21 heavy (non-hydrogen) atoms. The number of anilines is 1. The summed E-state index contributed by atoms with van der Waals surface area (Å²) in [5, 5.41) is 15.8. The molecule has 2 N–H and O–H groups in total. The van der Waals surface area contributed by atoms with Crippen LogP contribution in [0.3, 0.4) is 0 Å².